The number of methoxy groups -OCH3 is 2. The van der Waals surface area contributed by atoms with E-state index in [1.165, 1.54) is 50.6 Å². The highest BCUT2D eigenvalue weighted by Gasteiger charge is 2.47. The topological polar surface area (TPSA) is 120 Å². The number of anilines is 1. The molecule has 1 unspecified atom stereocenters. The van der Waals surface area contributed by atoms with Gasteiger partial charge in [0.25, 0.3) is 5.91 Å². The molecule has 10 nitrogen and oxygen atoms in total. The number of hydrogen-bond donors (Lipinski definition) is 0. The fraction of sp³-hybridized carbons (Fsp3) is 0.348. The summed E-state index contributed by atoms with van der Waals surface area (Å²) in [5.74, 6) is -1.81. The van der Waals surface area contributed by atoms with Gasteiger partial charge in [0.2, 0.25) is 15.9 Å². The lowest BCUT2D eigenvalue weighted by Gasteiger charge is -2.29. The maximum Gasteiger partial charge on any atom is 0.338 e. The van der Waals surface area contributed by atoms with E-state index in [9.17, 15) is 22.8 Å². The Hall–Kier alpha value is -3.12. The molecule has 182 valence electrons. The average molecular weight is 491 g/mol. The van der Waals surface area contributed by atoms with Crippen LogP contribution in [0.2, 0.25) is 0 Å². The number of carbonyl (C=O) groups excluding carboxylic acids is 3. The molecule has 11 heteroatoms. The fourth-order valence-electron chi connectivity index (χ4n) is 3.59. The molecule has 1 fully saturated rings. The van der Waals surface area contributed by atoms with Gasteiger partial charge >= 0.3 is 5.97 Å². The van der Waals surface area contributed by atoms with Crippen LogP contribution in [0.5, 0.6) is 0 Å². The molecule has 0 spiro atoms. The second-order valence-corrected chi connectivity index (χ2v) is 9.23. The minimum Gasteiger partial charge on any atom is -0.462 e. The molecule has 2 amide bonds. The quantitative estimate of drug-likeness (QED) is 0.281. The Morgan fingerprint density at radius 3 is 2.24 bits per heavy atom. The van der Waals surface area contributed by atoms with Gasteiger partial charge in [-0.3, -0.25) is 9.59 Å². The van der Waals surface area contributed by atoms with Gasteiger partial charge < -0.3 is 14.2 Å². The van der Waals surface area contributed by atoms with E-state index in [0.29, 0.717) is 0 Å². The highest BCUT2D eigenvalue weighted by Crippen LogP contribution is 2.30. The molecule has 2 aromatic carbocycles. The van der Waals surface area contributed by atoms with Crippen LogP contribution < -0.4 is 4.90 Å². The number of nitrogens with zero attached hydrogens (tertiary/aromatic N) is 2. The predicted molar refractivity (Wildman–Crippen MR) is 121 cm³/mol. The zero-order valence-corrected chi connectivity index (χ0v) is 19.9. The summed E-state index contributed by atoms with van der Waals surface area (Å²) in [6.07, 6.45) is -1.32. The number of imide groups is 1. The van der Waals surface area contributed by atoms with Gasteiger partial charge in [0.1, 0.15) is 6.04 Å². The minimum atomic E-state index is -4.17. The van der Waals surface area contributed by atoms with E-state index < -0.39 is 40.1 Å². The van der Waals surface area contributed by atoms with Crippen LogP contribution in [0.4, 0.5) is 5.69 Å². The Labute approximate surface area is 198 Å². The summed E-state index contributed by atoms with van der Waals surface area (Å²) < 4.78 is 43.1. The summed E-state index contributed by atoms with van der Waals surface area (Å²) in [5, 5.41) is 0. The molecule has 1 aliphatic rings. The monoisotopic (exact) mass is 490 g/mol. The molecule has 34 heavy (non-hydrogen) atoms. The second-order valence-electron chi connectivity index (χ2n) is 7.34. The smallest absolute Gasteiger partial charge is 0.338 e. The molecule has 0 bridgehead atoms. The highest BCUT2D eigenvalue weighted by atomic mass is 32.2. The van der Waals surface area contributed by atoms with Crippen LogP contribution >= 0.6 is 0 Å². The predicted octanol–water partition coefficient (Wildman–Crippen LogP) is 1.80. The Kier molecular flexibility index (Phi) is 8.15. The number of benzene rings is 2. The third kappa shape index (κ3) is 5.17. The Morgan fingerprint density at radius 1 is 1.06 bits per heavy atom. The standard InChI is InChI=1S/C23H26N2O8S/c1-4-33-23(28)16-10-12-17(13-11-16)25-20(26)14-19(22(25)27)24(15-21(31-2)32-3)34(29,30)18-8-6-5-7-9-18/h5-13,19,21H,4,14-15H2,1-3H3. The van der Waals surface area contributed by atoms with Crippen LogP contribution in [-0.4, -0.2) is 70.2 Å². The molecular weight excluding hydrogens is 464 g/mol. The second kappa shape index (κ2) is 10.9. The van der Waals surface area contributed by atoms with Crippen LogP contribution in [0.15, 0.2) is 59.5 Å². The fourth-order valence-corrected chi connectivity index (χ4v) is 5.18. The van der Waals surface area contributed by atoms with Gasteiger partial charge in [0.15, 0.2) is 6.29 Å². The lowest BCUT2D eigenvalue weighted by molar-refractivity contribution is -0.125. The van der Waals surface area contributed by atoms with Crippen molar-refractivity contribution in [3.63, 3.8) is 0 Å². The third-order valence-corrected chi connectivity index (χ3v) is 7.20. The number of esters is 1. The van der Waals surface area contributed by atoms with Crippen LogP contribution in [-0.2, 0) is 33.8 Å². The van der Waals surface area contributed by atoms with Gasteiger partial charge in [-0.05, 0) is 43.3 Å². The van der Waals surface area contributed by atoms with E-state index in [-0.39, 0.29) is 35.7 Å². The molecule has 1 atom stereocenters. The first-order valence-electron chi connectivity index (χ1n) is 10.5. The molecule has 1 heterocycles. The first kappa shape index (κ1) is 25.5. The van der Waals surface area contributed by atoms with Gasteiger partial charge in [-0.1, -0.05) is 18.2 Å². The zero-order chi connectivity index (χ0) is 24.9. The average Bonchev–Trinajstić information content (AvgIpc) is 3.13. The number of rotatable bonds is 10. The van der Waals surface area contributed by atoms with E-state index in [2.05, 4.69) is 0 Å². The van der Waals surface area contributed by atoms with Crippen molar-refractivity contribution in [1.82, 2.24) is 4.31 Å². The van der Waals surface area contributed by atoms with E-state index in [4.69, 9.17) is 14.2 Å². The molecule has 1 aliphatic heterocycles. The van der Waals surface area contributed by atoms with Crippen molar-refractivity contribution < 1.29 is 37.0 Å². The van der Waals surface area contributed by atoms with E-state index in [1.54, 1.807) is 25.1 Å². The lowest BCUT2D eigenvalue weighted by Crippen LogP contribution is -2.49. The molecule has 2 aromatic rings. The van der Waals surface area contributed by atoms with Crippen molar-refractivity contribution in [3.05, 3.63) is 60.2 Å². The van der Waals surface area contributed by atoms with Crippen LogP contribution in [0.1, 0.15) is 23.7 Å². The summed E-state index contributed by atoms with van der Waals surface area (Å²) in [7, 11) is -1.48. The number of carbonyl (C=O) groups is 3. The van der Waals surface area contributed by atoms with Gasteiger partial charge in [-0.15, -0.1) is 0 Å². The van der Waals surface area contributed by atoms with Crippen molar-refractivity contribution in [2.24, 2.45) is 0 Å². The maximum atomic E-state index is 13.4. The van der Waals surface area contributed by atoms with Gasteiger partial charge in [0, 0.05) is 14.2 Å². The molecular formula is C23H26N2O8S. The molecule has 0 N–H and O–H groups in total. The van der Waals surface area contributed by atoms with Gasteiger partial charge in [-0.2, -0.15) is 4.31 Å². The molecule has 0 saturated carbocycles. The number of amides is 2. The van der Waals surface area contributed by atoms with Crippen LogP contribution in [0.25, 0.3) is 0 Å². The maximum absolute atomic E-state index is 13.4. The largest absolute Gasteiger partial charge is 0.462 e. The summed E-state index contributed by atoms with van der Waals surface area (Å²) in [4.78, 5) is 39.0. The van der Waals surface area contributed by atoms with Crippen molar-refractivity contribution >= 4 is 33.5 Å². The minimum absolute atomic E-state index is 0.0292. The number of hydrogen-bond acceptors (Lipinski definition) is 8. The van der Waals surface area contributed by atoms with E-state index in [1.807, 2.05) is 0 Å². The first-order chi connectivity index (χ1) is 16.2. The number of sulfonamides is 1. The molecule has 0 radical (unpaired) electrons. The van der Waals surface area contributed by atoms with Crippen molar-refractivity contribution in [2.45, 2.75) is 30.6 Å². The summed E-state index contributed by atoms with van der Waals surface area (Å²) in [6, 6.07) is 12.1. The third-order valence-electron chi connectivity index (χ3n) is 5.31. The Morgan fingerprint density at radius 2 is 1.68 bits per heavy atom. The zero-order valence-electron chi connectivity index (χ0n) is 19.0. The van der Waals surface area contributed by atoms with E-state index >= 15 is 0 Å². The van der Waals surface area contributed by atoms with Crippen molar-refractivity contribution in [1.29, 1.82) is 0 Å². The lowest BCUT2D eigenvalue weighted by atomic mass is 10.2. The van der Waals surface area contributed by atoms with E-state index in [0.717, 1.165) is 9.21 Å². The summed E-state index contributed by atoms with van der Waals surface area (Å²) >= 11 is 0. The van der Waals surface area contributed by atoms with Crippen molar-refractivity contribution in [2.75, 3.05) is 32.3 Å². The van der Waals surface area contributed by atoms with Gasteiger partial charge in [-0.25, -0.2) is 18.1 Å². The SMILES string of the molecule is CCOC(=O)c1ccc(N2C(=O)CC(N(CC(OC)OC)S(=O)(=O)c3ccccc3)C2=O)cc1. The van der Waals surface area contributed by atoms with Crippen molar-refractivity contribution in [3.8, 4) is 0 Å². The normalized spacial score (nSPS) is 16.5. The Bertz CT molecular complexity index is 1130. The summed E-state index contributed by atoms with van der Waals surface area (Å²) in [5.41, 5.74) is 0.482. The highest BCUT2D eigenvalue weighted by molar-refractivity contribution is 7.89. The molecule has 0 aromatic heterocycles. The molecule has 3 rings (SSSR count). The number of ether oxygens (including phenoxy) is 3. The summed E-state index contributed by atoms with van der Waals surface area (Å²) in [6.45, 7) is 1.59. The van der Waals surface area contributed by atoms with Crippen LogP contribution in [0.3, 0.4) is 0 Å². The van der Waals surface area contributed by atoms with Crippen LogP contribution in [0, 0.1) is 0 Å². The van der Waals surface area contributed by atoms with Gasteiger partial charge in [0.05, 0.1) is 35.7 Å². The molecule has 1 saturated heterocycles. The first-order valence-corrected chi connectivity index (χ1v) is 11.9. The molecule has 0 aliphatic carbocycles. The Balaban J connectivity index is 1.94.